The lowest BCUT2D eigenvalue weighted by molar-refractivity contribution is 0.596. The van der Waals surface area contributed by atoms with Gasteiger partial charge >= 0.3 is 0 Å². The van der Waals surface area contributed by atoms with Crippen LogP contribution in [0, 0.1) is 0 Å². The molecular weight excluding hydrogens is 166 g/mol. The summed E-state index contributed by atoms with van der Waals surface area (Å²) in [6.07, 6.45) is 2.50. The van der Waals surface area contributed by atoms with Gasteiger partial charge in [-0.15, -0.1) is 0 Å². The van der Waals surface area contributed by atoms with Gasteiger partial charge in [0, 0.05) is 13.3 Å². The minimum absolute atomic E-state index is 0.0521. The van der Waals surface area contributed by atoms with E-state index in [-0.39, 0.29) is 5.75 Å². The van der Waals surface area contributed by atoms with Crippen molar-refractivity contribution in [3.8, 4) is 0 Å². The summed E-state index contributed by atoms with van der Waals surface area (Å²) in [7, 11) is -1.33. The second-order valence-corrected chi connectivity index (χ2v) is 4.51. The number of aryl methyl sites for hydroxylation is 1. The van der Waals surface area contributed by atoms with Gasteiger partial charge in [-0.1, -0.05) is 0 Å². The third-order valence-corrected chi connectivity index (χ3v) is 1.98. The average Bonchev–Trinajstić information content (AvgIpc) is 2.12. The molecule has 0 fully saturated rings. The lowest BCUT2D eigenvalue weighted by Crippen LogP contribution is -2.07. The van der Waals surface area contributed by atoms with Crippen LogP contribution in [0.4, 0.5) is 0 Å². The Morgan fingerprint density at radius 3 is 2.64 bits per heavy atom. The molecule has 0 radical (unpaired) electrons. The molecule has 1 aromatic rings. The fourth-order valence-corrected chi connectivity index (χ4v) is 1.42. The molecule has 0 aliphatic heterocycles. The number of rotatable bonds is 2. The second kappa shape index (κ2) is 2.61. The van der Waals surface area contributed by atoms with Crippen molar-refractivity contribution in [2.24, 2.45) is 7.05 Å². The van der Waals surface area contributed by atoms with Crippen LogP contribution in [-0.2, 0) is 22.6 Å². The van der Waals surface area contributed by atoms with E-state index in [1.165, 1.54) is 17.3 Å². The summed E-state index contributed by atoms with van der Waals surface area (Å²) in [6.45, 7) is 0. The SMILES string of the molecule is Cn1ncnc1CS(C)(=O)=O. The maximum absolute atomic E-state index is 10.8. The molecule has 1 aromatic heterocycles. The Balaban J connectivity index is 2.89. The monoisotopic (exact) mass is 175 g/mol. The van der Waals surface area contributed by atoms with E-state index in [1.807, 2.05) is 0 Å². The highest BCUT2D eigenvalue weighted by molar-refractivity contribution is 7.89. The molecule has 0 spiro atoms. The van der Waals surface area contributed by atoms with E-state index in [4.69, 9.17) is 0 Å². The van der Waals surface area contributed by atoms with E-state index in [0.717, 1.165) is 0 Å². The van der Waals surface area contributed by atoms with Crippen molar-refractivity contribution >= 4 is 9.84 Å². The minimum Gasteiger partial charge on any atom is -0.252 e. The third kappa shape index (κ3) is 2.30. The van der Waals surface area contributed by atoms with E-state index >= 15 is 0 Å². The Kier molecular flexibility index (Phi) is 1.95. The standard InChI is InChI=1S/C5H9N3O2S/c1-8-5(6-4-7-8)3-11(2,9)10/h4H,3H2,1-2H3. The van der Waals surface area contributed by atoms with E-state index in [9.17, 15) is 8.42 Å². The molecule has 1 heterocycles. The molecule has 62 valence electrons. The summed E-state index contributed by atoms with van der Waals surface area (Å²) < 4.78 is 23.0. The fraction of sp³-hybridized carbons (Fsp3) is 0.600. The van der Waals surface area contributed by atoms with E-state index in [1.54, 1.807) is 7.05 Å². The van der Waals surface area contributed by atoms with E-state index in [0.29, 0.717) is 5.82 Å². The number of hydrogen-bond donors (Lipinski definition) is 0. The van der Waals surface area contributed by atoms with Crippen LogP contribution in [0.3, 0.4) is 0 Å². The largest absolute Gasteiger partial charge is 0.252 e. The summed E-state index contributed by atoms with van der Waals surface area (Å²) in [5.74, 6) is 0.413. The molecule has 0 saturated heterocycles. The smallest absolute Gasteiger partial charge is 0.154 e. The molecule has 0 aliphatic carbocycles. The van der Waals surface area contributed by atoms with Crippen molar-refractivity contribution in [1.29, 1.82) is 0 Å². The van der Waals surface area contributed by atoms with Gasteiger partial charge in [0.1, 0.15) is 17.9 Å². The molecule has 6 heteroatoms. The normalized spacial score (nSPS) is 11.8. The average molecular weight is 175 g/mol. The molecule has 0 saturated carbocycles. The summed E-state index contributed by atoms with van der Waals surface area (Å²) in [5.41, 5.74) is 0. The number of nitrogens with zero attached hydrogens (tertiary/aromatic N) is 3. The second-order valence-electron chi connectivity index (χ2n) is 2.37. The quantitative estimate of drug-likeness (QED) is 0.599. The van der Waals surface area contributed by atoms with Crippen LogP contribution in [0.2, 0.25) is 0 Å². The van der Waals surface area contributed by atoms with Crippen molar-refractivity contribution < 1.29 is 8.42 Å². The van der Waals surface area contributed by atoms with Crippen LogP contribution in [0.25, 0.3) is 0 Å². The molecule has 0 aliphatic rings. The molecule has 0 unspecified atom stereocenters. The summed E-state index contributed by atoms with van der Waals surface area (Å²) in [6, 6.07) is 0. The molecule has 1 rings (SSSR count). The van der Waals surface area contributed by atoms with Gasteiger partial charge in [0.05, 0.1) is 0 Å². The van der Waals surface area contributed by atoms with Crippen molar-refractivity contribution in [1.82, 2.24) is 14.8 Å². The summed E-state index contributed by atoms with van der Waals surface area (Å²) >= 11 is 0. The molecule has 11 heavy (non-hydrogen) atoms. The first-order valence-corrected chi connectivity index (χ1v) is 5.06. The van der Waals surface area contributed by atoms with E-state index < -0.39 is 9.84 Å². The zero-order valence-electron chi connectivity index (χ0n) is 6.35. The van der Waals surface area contributed by atoms with Gasteiger partial charge in [-0.25, -0.2) is 13.4 Å². The highest BCUT2D eigenvalue weighted by Crippen LogP contribution is 1.97. The van der Waals surface area contributed by atoms with Gasteiger partial charge in [-0.05, 0) is 0 Å². The third-order valence-electron chi connectivity index (χ3n) is 1.20. The van der Waals surface area contributed by atoms with Gasteiger partial charge in [0.25, 0.3) is 0 Å². The van der Waals surface area contributed by atoms with Crippen LogP contribution in [0.15, 0.2) is 6.33 Å². The zero-order chi connectivity index (χ0) is 8.48. The Morgan fingerprint density at radius 2 is 2.27 bits per heavy atom. The molecule has 5 nitrogen and oxygen atoms in total. The van der Waals surface area contributed by atoms with Gasteiger partial charge in [0.2, 0.25) is 0 Å². The topological polar surface area (TPSA) is 64.8 Å². The predicted molar refractivity (Wildman–Crippen MR) is 39.6 cm³/mol. The number of sulfone groups is 1. The molecule has 0 amide bonds. The zero-order valence-corrected chi connectivity index (χ0v) is 7.17. The first-order valence-electron chi connectivity index (χ1n) is 2.99. The van der Waals surface area contributed by atoms with Gasteiger partial charge in [-0.3, -0.25) is 4.68 Å². The first-order chi connectivity index (χ1) is 4.99. The molecule has 0 bridgehead atoms. The molecular formula is C5H9N3O2S. The highest BCUT2D eigenvalue weighted by Gasteiger charge is 2.08. The lowest BCUT2D eigenvalue weighted by atomic mass is 10.7. The lowest BCUT2D eigenvalue weighted by Gasteiger charge is -1.96. The van der Waals surface area contributed by atoms with E-state index in [2.05, 4.69) is 10.1 Å². The predicted octanol–water partition coefficient (Wildman–Crippen LogP) is -0.640. The molecule has 0 atom stereocenters. The first kappa shape index (κ1) is 8.19. The Bertz CT molecular complexity index is 340. The van der Waals surface area contributed by atoms with Crippen molar-refractivity contribution in [3.05, 3.63) is 12.2 Å². The summed E-state index contributed by atoms with van der Waals surface area (Å²) in [5, 5.41) is 3.74. The Labute approximate surface area is 65.0 Å². The maximum atomic E-state index is 10.8. The number of hydrogen-bond acceptors (Lipinski definition) is 4. The van der Waals surface area contributed by atoms with Gasteiger partial charge in [-0.2, -0.15) is 5.10 Å². The minimum atomic E-state index is -2.99. The van der Waals surface area contributed by atoms with Gasteiger partial charge in [0.15, 0.2) is 9.84 Å². The Morgan fingerprint density at radius 1 is 1.64 bits per heavy atom. The van der Waals surface area contributed by atoms with Crippen LogP contribution in [0.5, 0.6) is 0 Å². The van der Waals surface area contributed by atoms with Crippen LogP contribution < -0.4 is 0 Å². The van der Waals surface area contributed by atoms with Crippen molar-refractivity contribution in [2.75, 3.05) is 6.26 Å². The van der Waals surface area contributed by atoms with Crippen molar-refractivity contribution in [3.63, 3.8) is 0 Å². The highest BCUT2D eigenvalue weighted by atomic mass is 32.2. The van der Waals surface area contributed by atoms with Crippen LogP contribution >= 0.6 is 0 Å². The number of aromatic nitrogens is 3. The molecule has 0 aromatic carbocycles. The van der Waals surface area contributed by atoms with Crippen molar-refractivity contribution in [2.45, 2.75) is 5.75 Å². The molecule has 0 N–H and O–H groups in total. The van der Waals surface area contributed by atoms with Crippen LogP contribution in [-0.4, -0.2) is 29.4 Å². The maximum Gasteiger partial charge on any atom is 0.154 e. The summed E-state index contributed by atoms with van der Waals surface area (Å²) in [4.78, 5) is 3.77. The van der Waals surface area contributed by atoms with Crippen LogP contribution in [0.1, 0.15) is 5.82 Å². The van der Waals surface area contributed by atoms with Gasteiger partial charge < -0.3 is 0 Å². The fourth-order valence-electron chi connectivity index (χ4n) is 0.685. The Hall–Kier alpha value is -0.910.